The lowest BCUT2D eigenvalue weighted by molar-refractivity contribution is -0.0612. The molecule has 0 saturated heterocycles. The van der Waals surface area contributed by atoms with Gasteiger partial charge in [0.15, 0.2) is 0 Å². The van der Waals surface area contributed by atoms with Crippen LogP contribution in [0.1, 0.15) is 32.6 Å². The third-order valence-corrected chi connectivity index (χ3v) is 4.83. The molecule has 2 bridgehead atoms. The summed E-state index contributed by atoms with van der Waals surface area (Å²) in [5, 5.41) is 0. The van der Waals surface area contributed by atoms with Gasteiger partial charge in [0.1, 0.15) is 0 Å². The summed E-state index contributed by atoms with van der Waals surface area (Å²) in [6.07, 6.45) is 2.22. The molecule has 2 fully saturated rings. The van der Waals surface area contributed by atoms with Gasteiger partial charge in [-0.15, -0.1) is 0 Å². The summed E-state index contributed by atoms with van der Waals surface area (Å²) >= 11 is 0. The smallest absolute Gasteiger partial charge is 0.259 e. The molecule has 16 heavy (non-hydrogen) atoms. The van der Waals surface area contributed by atoms with E-state index in [2.05, 4.69) is 4.18 Å². The minimum atomic E-state index is -5.45. The van der Waals surface area contributed by atoms with E-state index in [0.29, 0.717) is 0 Å². The fourth-order valence-corrected chi connectivity index (χ4v) is 3.61. The van der Waals surface area contributed by atoms with Gasteiger partial charge in [0.05, 0.1) is 6.10 Å². The van der Waals surface area contributed by atoms with Crippen molar-refractivity contribution in [1.29, 1.82) is 0 Å². The maximum absolute atomic E-state index is 12.2. The summed E-state index contributed by atoms with van der Waals surface area (Å²) in [4.78, 5) is 0. The van der Waals surface area contributed by atoms with Crippen LogP contribution in [-0.4, -0.2) is 20.0 Å². The Morgan fingerprint density at radius 3 is 2.06 bits per heavy atom. The van der Waals surface area contributed by atoms with Gasteiger partial charge >= 0.3 is 15.6 Å². The van der Waals surface area contributed by atoms with E-state index in [9.17, 15) is 21.6 Å². The topological polar surface area (TPSA) is 43.4 Å². The Morgan fingerprint density at radius 1 is 1.25 bits per heavy atom. The van der Waals surface area contributed by atoms with Crippen LogP contribution in [0.2, 0.25) is 0 Å². The van der Waals surface area contributed by atoms with E-state index in [1.807, 2.05) is 0 Å². The molecule has 0 aromatic rings. The predicted octanol–water partition coefficient (Wildman–Crippen LogP) is 2.43. The molecule has 0 heterocycles. The Balaban J connectivity index is 2.18. The third-order valence-electron chi connectivity index (χ3n) is 3.80. The molecule has 2 saturated carbocycles. The lowest BCUT2D eigenvalue weighted by Crippen LogP contribution is -2.35. The van der Waals surface area contributed by atoms with Crippen molar-refractivity contribution in [2.24, 2.45) is 11.3 Å². The fraction of sp³-hybridized carbons (Fsp3) is 1.00. The van der Waals surface area contributed by atoms with E-state index in [0.717, 1.165) is 25.7 Å². The molecule has 0 amide bonds. The first-order chi connectivity index (χ1) is 7.16. The average Bonchev–Trinajstić information content (AvgIpc) is 2.56. The summed E-state index contributed by atoms with van der Waals surface area (Å²) in [5.74, 6) is -0.0397. The molecule has 0 aliphatic heterocycles. The number of hydrogen-bond acceptors (Lipinski definition) is 3. The highest BCUT2D eigenvalue weighted by molar-refractivity contribution is 7.87. The Morgan fingerprint density at radius 2 is 1.75 bits per heavy atom. The van der Waals surface area contributed by atoms with Crippen molar-refractivity contribution < 1.29 is 25.8 Å². The highest BCUT2D eigenvalue weighted by atomic mass is 32.2. The van der Waals surface area contributed by atoms with E-state index >= 15 is 0 Å². The van der Waals surface area contributed by atoms with Crippen LogP contribution in [0.15, 0.2) is 0 Å². The normalized spacial score (nSPS) is 39.2. The molecule has 94 valence electrons. The summed E-state index contributed by atoms with van der Waals surface area (Å²) < 4.78 is 62.8. The van der Waals surface area contributed by atoms with Crippen molar-refractivity contribution in [3.8, 4) is 0 Å². The number of alkyl halides is 3. The van der Waals surface area contributed by atoms with Gasteiger partial charge < -0.3 is 0 Å². The molecule has 0 N–H and O–H groups in total. The van der Waals surface area contributed by atoms with Gasteiger partial charge in [0.25, 0.3) is 0 Å². The number of halogens is 3. The maximum Gasteiger partial charge on any atom is 0.523 e. The van der Waals surface area contributed by atoms with Gasteiger partial charge in [0.2, 0.25) is 0 Å². The second-order valence-electron chi connectivity index (χ2n) is 4.91. The second-order valence-corrected chi connectivity index (χ2v) is 6.47. The Kier molecular flexibility index (Phi) is 2.55. The molecule has 2 rings (SSSR count). The van der Waals surface area contributed by atoms with Gasteiger partial charge in [-0.2, -0.15) is 21.6 Å². The zero-order chi connectivity index (χ0) is 12.2. The quantitative estimate of drug-likeness (QED) is 0.564. The largest absolute Gasteiger partial charge is 0.523 e. The molecule has 7 heteroatoms. The van der Waals surface area contributed by atoms with Gasteiger partial charge in [-0.05, 0) is 37.0 Å². The predicted molar refractivity (Wildman–Crippen MR) is 49.9 cm³/mol. The molecule has 2 aliphatic rings. The van der Waals surface area contributed by atoms with Crippen molar-refractivity contribution >= 4 is 10.1 Å². The van der Waals surface area contributed by atoms with Crippen molar-refractivity contribution in [3.63, 3.8) is 0 Å². The van der Waals surface area contributed by atoms with E-state index in [1.54, 1.807) is 6.92 Å². The summed E-state index contributed by atoms with van der Waals surface area (Å²) in [6.45, 7) is 1.80. The zero-order valence-corrected chi connectivity index (χ0v) is 9.57. The van der Waals surface area contributed by atoms with E-state index < -0.39 is 27.1 Å². The van der Waals surface area contributed by atoms with E-state index in [4.69, 9.17) is 0 Å². The minimum absolute atomic E-state index is 0.0397. The first kappa shape index (κ1) is 12.2. The molecule has 0 radical (unpaired) electrons. The van der Waals surface area contributed by atoms with Crippen LogP contribution in [0.4, 0.5) is 13.2 Å². The van der Waals surface area contributed by atoms with Gasteiger partial charge in [-0.3, -0.25) is 4.18 Å². The molecular weight excluding hydrogens is 245 g/mol. The first-order valence-electron chi connectivity index (χ1n) is 5.15. The van der Waals surface area contributed by atoms with Crippen LogP contribution in [0.25, 0.3) is 0 Å². The molecule has 0 aromatic heterocycles. The van der Waals surface area contributed by atoms with Crippen LogP contribution in [0, 0.1) is 11.3 Å². The lowest BCUT2D eigenvalue weighted by atomic mass is 9.86. The van der Waals surface area contributed by atoms with Crippen molar-refractivity contribution in [2.75, 3.05) is 0 Å². The molecule has 0 spiro atoms. The van der Waals surface area contributed by atoms with E-state index in [-0.39, 0.29) is 5.92 Å². The van der Waals surface area contributed by atoms with Crippen LogP contribution in [0.5, 0.6) is 0 Å². The van der Waals surface area contributed by atoms with Crippen molar-refractivity contribution in [2.45, 2.75) is 44.2 Å². The molecule has 0 unspecified atom stereocenters. The molecule has 3 nitrogen and oxygen atoms in total. The van der Waals surface area contributed by atoms with Crippen LogP contribution >= 0.6 is 0 Å². The highest BCUT2D eigenvalue weighted by Gasteiger charge is 2.57. The molecule has 2 aliphatic carbocycles. The number of rotatable bonds is 2. The fourth-order valence-electron chi connectivity index (χ4n) is 2.84. The Hall–Kier alpha value is -0.300. The van der Waals surface area contributed by atoms with Gasteiger partial charge in [-0.25, -0.2) is 0 Å². The zero-order valence-electron chi connectivity index (χ0n) is 8.75. The number of fused-ring (bicyclic) bond motifs is 2. The standard InChI is InChI=1S/C9H13F3O3S/c1-8-4-2-6(3-5-8)7(8)15-16(13,14)9(10,11)12/h6-7H,2-5H2,1H3/t6?,7-,8?/m0/s1. The Labute approximate surface area is 92.1 Å². The Bertz CT molecular complexity index is 379. The first-order valence-corrected chi connectivity index (χ1v) is 6.56. The van der Waals surface area contributed by atoms with Crippen LogP contribution < -0.4 is 0 Å². The van der Waals surface area contributed by atoms with Crippen LogP contribution in [0.3, 0.4) is 0 Å². The molecular formula is C9H13F3O3S. The second kappa shape index (κ2) is 3.35. The molecule has 1 atom stereocenters. The summed E-state index contributed by atoms with van der Waals surface area (Å²) in [5.41, 5.74) is -5.71. The number of hydrogen-bond donors (Lipinski definition) is 0. The van der Waals surface area contributed by atoms with Crippen molar-refractivity contribution in [1.82, 2.24) is 0 Å². The monoisotopic (exact) mass is 258 g/mol. The maximum atomic E-state index is 12.2. The third kappa shape index (κ3) is 1.73. The van der Waals surface area contributed by atoms with E-state index in [1.165, 1.54) is 0 Å². The van der Waals surface area contributed by atoms with Crippen molar-refractivity contribution in [3.05, 3.63) is 0 Å². The average molecular weight is 258 g/mol. The highest BCUT2D eigenvalue weighted by Crippen LogP contribution is 2.56. The SMILES string of the molecule is CC12CCC(CC1)[C@@H]2OS(=O)(=O)C(F)(F)F. The van der Waals surface area contributed by atoms with Gasteiger partial charge in [-0.1, -0.05) is 6.92 Å². The summed E-state index contributed by atoms with van der Waals surface area (Å²) in [6, 6.07) is 0. The van der Waals surface area contributed by atoms with Gasteiger partial charge in [0, 0.05) is 0 Å². The summed E-state index contributed by atoms with van der Waals surface area (Å²) in [7, 11) is -5.45. The molecule has 0 aromatic carbocycles. The van der Waals surface area contributed by atoms with Crippen LogP contribution in [-0.2, 0) is 14.3 Å². The lowest BCUT2D eigenvalue weighted by Gasteiger charge is -2.26. The minimum Gasteiger partial charge on any atom is -0.259 e.